The van der Waals surface area contributed by atoms with Crippen LogP contribution in [0.4, 0.5) is 0 Å². The molecule has 0 aliphatic heterocycles. The van der Waals surface area contributed by atoms with Crippen LogP contribution in [0.1, 0.15) is 6.42 Å². The molecular formula is C4H7LiO3S2. The van der Waals surface area contributed by atoms with Crippen LogP contribution in [0.15, 0.2) is 0 Å². The van der Waals surface area contributed by atoms with E-state index in [1.54, 1.807) is 6.26 Å². The number of rotatable bonds is 4. The van der Waals surface area contributed by atoms with E-state index in [4.69, 9.17) is 0 Å². The van der Waals surface area contributed by atoms with Crippen molar-refractivity contribution in [3.8, 4) is 0 Å². The smallest absolute Gasteiger partial charge is 0.799 e. The van der Waals surface area contributed by atoms with Crippen molar-refractivity contribution in [3.63, 3.8) is 0 Å². The van der Waals surface area contributed by atoms with Crippen LogP contribution in [0.2, 0.25) is 0 Å². The maximum absolute atomic E-state index is 10.4. The SMILES string of the molecule is CSOC(=O)CCS[O-].[Li+]. The summed E-state index contributed by atoms with van der Waals surface area (Å²) >= 11 is 1.40. The molecule has 54 valence electrons. The first-order valence-corrected chi connectivity index (χ1v) is 4.35. The Bertz CT molecular complexity index is 90.6. The van der Waals surface area contributed by atoms with Gasteiger partial charge in [0, 0.05) is 6.26 Å². The van der Waals surface area contributed by atoms with Gasteiger partial charge in [-0.15, -0.1) is 0 Å². The van der Waals surface area contributed by atoms with Crippen molar-refractivity contribution in [1.29, 1.82) is 0 Å². The molecule has 0 aromatic rings. The van der Waals surface area contributed by atoms with Gasteiger partial charge < -0.3 is 8.74 Å². The van der Waals surface area contributed by atoms with Crippen LogP contribution in [-0.4, -0.2) is 22.5 Å². The van der Waals surface area contributed by atoms with Crippen LogP contribution in [0.3, 0.4) is 0 Å². The summed E-state index contributed by atoms with van der Waals surface area (Å²) in [7, 11) is 0. The molecule has 0 amide bonds. The normalized spacial score (nSPS) is 8.20. The first-order valence-electron chi connectivity index (χ1n) is 2.29. The number of carbonyl (C=O) groups excluding carboxylic acids is 1. The van der Waals surface area contributed by atoms with Crippen LogP contribution in [-0.2, 0) is 8.98 Å². The van der Waals surface area contributed by atoms with Crippen LogP contribution < -0.4 is 18.9 Å². The Hall–Kier alpha value is 0.727. The molecule has 0 radical (unpaired) electrons. The molecule has 0 unspecified atom stereocenters. The Morgan fingerprint density at radius 1 is 1.70 bits per heavy atom. The second kappa shape index (κ2) is 9.73. The van der Waals surface area contributed by atoms with E-state index in [2.05, 4.69) is 4.18 Å². The van der Waals surface area contributed by atoms with Crippen molar-refractivity contribution >= 4 is 30.1 Å². The number of hydrogen-bond acceptors (Lipinski definition) is 5. The maximum Gasteiger partial charge on any atom is 1.00 e. The predicted molar refractivity (Wildman–Crippen MR) is 37.5 cm³/mol. The van der Waals surface area contributed by atoms with E-state index in [0.29, 0.717) is 17.8 Å². The molecule has 0 aromatic heterocycles. The summed E-state index contributed by atoms with van der Waals surface area (Å²) in [5, 5.41) is 0. The Balaban J connectivity index is 0. The van der Waals surface area contributed by atoms with Gasteiger partial charge in [0.1, 0.15) is 0 Å². The summed E-state index contributed by atoms with van der Waals surface area (Å²) in [5.41, 5.74) is 0. The zero-order valence-corrected chi connectivity index (χ0v) is 7.59. The first kappa shape index (κ1) is 13.3. The minimum atomic E-state index is -0.328. The largest absolute Gasteiger partial charge is 1.00 e. The minimum Gasteiger partial charge on any atom is -0.799 e. The summed E-state index contributed by atoms with van der Waals surface area (Å²) in [4.78, 5) is 10.4. The molecule has 0 aromatic carbocycles. The standard InChI is InChI=1S/C4H8O3S2.Li/c1-8-7-4(5)2-3-9-6;/h6H,2-3H2,1H3;/q;+1/p-1. The Labute approximate surface area is 80.9 Å². The van der Waals surface area contributed by atoms with Gasteiger partial charge in [-0.3, -0.25) is 16.8 Å². The summed E-state index contributed by atoms with van der Waals surface area (Å²) in [6.45, 7) is 0. The van der Waals surface area contributed by atoms with E-state index in [-0.39, 0.29) is 31.3 Å². The molecule has 0 saturated heterocycles. The summed E-state index contributed by atoms with van der Waals surface area (Å²) in [5.74, 6) is -0.0369. The van der Waals surface area contributed by atoms with Crippen molar-refractivity contribution in [3.05, 3.63) is 0 Å². The molecule has 0 rings (SSSR count). The van der Waals surface area contributed by atoms with Gasteiger partial charge in [-0.25, -0.2) is 0 Å². The van der Waals surface area contributed by atoms with Gasteiger partial charge in [-0.05, 0) is 5.75 Å². The van der Waals surface area contributed by atoms with Crippen molar-refractivity contribution in [1.82, 2.24) is 0 Å². The predicted octanol–water partition coefficient (Wildman–Crippen LogP) is -1.93. The van der Waals surface area contributed by atoms with E-state index in [1.165, 1.54) is 0 Å². The third kappa shape index (κ3) is 8.73. The van der Waals surface area contributed by atoms with Gasteiger partial charge in [0.2, 0.25) is 0 Å². The molecule has 0 heterocycles. The molecular weight excluding hydrogens is 167 g/mol. The van der Waals surface area contributed by atoms with E-state index < -0.39 is 0 Å². The van der Waals surface area contributed by atoms with Crippen molar-refractivity contribution in [2.75, 3.05) is 12.0 Å². The number of carbonyl (C=O) groups is 1. The van der Waals surface area contributed by atoms with Crippen molar-refractivity contribution in [2.24, 2.45) is 0 Å². The monoisotopic (exact) mass is 174 g/mol. The van der Waals surface area contributed by atoms with Gasteiger partial charge in [0.15, 0.2) is 0 Å². The van der Waals surface area contributed by atoms with Crippen LogP contribution in [0, 0.1) is 0 Å². The molecule has 3 nitrogen and oxygen atoms in total. The quantitative estimate of drug-likeness (QED) is 0.367. The van der Waals surface area contributed by atoms with Crippen LogP contribution in [0.5, 0.6) is 0 Å². The second-order valence-electron chi connectivity index (χ2n) is 1.19. The zero-order chi connectivity index (χ0) is 7.11. The Morgan fingerprint density at radius 2 is 2.30 bits per heavy atom. The van der Waals surface area contributed by atoms with Crippen LogP contribution in [0.25, 0.3) is 0 Å². The summed E-state index contributed by atoms with van der Waals surface area (Å²) in [6, 6.07) is 0. The van der Waals surface area contributed by atoms with Gasteiger partial charge in [0.05, 0.1) is 18.5 Å². The van der Waals surface area contributed by atoms with Gasteiger partial charge >= 0.3 is 24.8 Å². The Morgan fingerprint density at radius 3 is 2.70 bits per heavy atom. The fraction of sp³-hybridized carbons (Fsp3) is 0.750. The average molecular weight is 174 g/mol. The minimum absolute atomic E-state index is 0. The van der Waals surface area contributed by atoms with E-state index in [1.807, 2.05) is 0 Å². The summed E-state index contributed by atoms with van der Waals surface area (Å²) < 4.78 is 14.2. The molecule has 0 aliphatic rings. The molecule has 0 spiro atoms. The third-order valence-electron chi connectivity index (χ3n) is 0.566. The third-order valence-corrected chi connectivity index (χ3v) is 1.29. The van der Waals surface area contributed by atoms with Crippen LogP contribution >= 0.6 is 24.1 Å². The average Bonchev–Trinajstić information content (AvgIpc) is 1.85. The van der Waals surface area contributed by atoms with E-state index in [9.17, 15) is 9.35 Å². The van der Waals surface area contributed by atoms with Crippen molar-refractivity contribution < 1.29 is 32.4 Å². The molecule has 0 saturated carbocycles. The van der Waals surface area contributed by atoms with E-state index >= 15 is 0 Å². The molecule has 0 atom stereocenters. The van der Waals surface area contributed by atoms with E-state index in [0.717, 1.165) is 12.0 Å². The molecule has 10 heavy (non-hydrogen) atoms. The molecule has 0 aliphatic carbocycles. The number of hydrogen-bond donors (Lipinski definition) is 0. The Kier molecular flexibility index (Phi) is 13.0. The van der Waals surface area contributed by atoms with Gasteiger partial charge in [-0.2, -0.15) is 0 Å². The topological polar surface area (TPSA) is 49.4 Å². The van der Waals surface area contributed by atoms with Gasteiger partial charge in [-0.1, -0.05) is 0 Å². The second-order valence-corrected chi connectivity index (χ2v) is 2.34. The molecule has 6 heteroatoms. The summed E-state index contributed by atoms with van der Waals surface area (Å²) in [6.07, 6.45) is 1.86. The fourth-order valence-electron chi connectivity index (χ4n) is 0.260. The molecule has 0 bridgehead atoms. The first-order chi connectivity index (χ1) is 4.31. The van der Waals surface area contributed by atoms with Gasteiger partial charge in [0.25, 0.3) is 0 Å². The molecule has 0 N–H and O–H groups in total. The van der Waals surface area contributed by atoms with Crippen molar-refractivity contribution in [2.45, 2.75) is 6.42 Å². The fourth-order valence-corrected chi connectivity index (χ4v) is 0.779. The zero-order valence-electron chi connectivity index (χ0n) is 5.96. The molecule has 0 fully saturated rings. The maximum atomic E-state index is 10.4.